The molecule has 16 heavy (non-hydrogen) atoms. The molecule has 0 spiro atoms. The van der Waals surface area contributed by atoms with E-state index in [-0.39, 0.29) is 0 Å². The number of nitrogens with zero attached hydrogens (tertiary/aromatic N) is 1. The second-order valence-corrected chi connectivity index (χ2v) is 4.05. The van der Waals surface area contributed by atoms with Crippen molar-refractivity contribution in [2.24, 2.45) is 0 Å². The first-order valence-corrected chi connectivity index (χ1v) is 5.79. The van der Waals surface area contributed by atoms with E-state index in [1.165, 1.54) is 11.1 Å². The van der Waals surface area contributed by atoms with Crippen molar-refractivity contribution in [1.82, 2.24) is 0 Å². The molecule has 0 heterocycles. The lowest BCUT2D eigenvalue weighted by Gasteiger charge is -2.14. The molecule has 1 aromatic carbocycles. The van der Waals surface area contributed by atoms with Gasteiger partial charge in [0.05, 0.1) is 12.7 Å². The lowest BCUT2D eigenvalue weighted by molar-refractivity contribution is 0.340. The molecule has 2 heteroatoms. The fourth-order valence-corrected chi connectivity index (χ4v) is 1.89. The SMILES string of the molecule is CCOc1ccc(C(C)CCC#N)c(C)c1. The number of hydrogen-bond acceptors (Lipinski definition) is 2. The van der Waals surface area contributed by atoms with Gasteiger partial charge >= 0.3 is 0 Å². The van der Waals surface area contributed by atoms with E-state index in [0.717, 1.165) is 12.2 Å². The van der Waals surface area contributed by atoms with Gasteiger partial charge in [-0.05, 0) is 49.4 Å². The fraction of sp³-hybridized carbons (Fsp3) is 0.500. The molecule has 0 aliphatic rings. The Morgan fingerprint density at radius 2 is 2.19 bits per heavy atom. The Labute approximate surface area is 97.9 Å². The Morgan fingerprint density at radius 1 is 1.44 bits per heavy atom. The predicted molar refractivity (Wildman–Crippen MR) is 65.6 cm³/mol. The second-order valence-electron chi connectivity index (χ2n) is 4.05. The van der Waals surface area contributed by atoms with E-state index in [2.05, 4.69) is 32.0 Å². The van der Waals surface area contributed by atoms with E-state index in [0.29, 0.717) is 18.9 Å². The quantitative estimate of drug-likeness (QED) is 0.751. The topological polar surface area (TPSA) is 33.0 Å². The molecule has 2 nitrogen and oxygen atoms in total. The van der Waals surface area contributed by atoms with Crippen molar-refractivity contribution in [3.8, 4) is 11.8 Å². The number of benzene rings is 1. The summed E-state index contributed by atoms with van der Waals surface area (Å²) in [5, 5.41) is 8.58. The molecule has 0 aromatic heterocycles. The summed E-state index contributed by atoms with van der Waals surface area (Å²) in [6.07, 6.45) is 1.54. The minimum Gasteiger partial charge on any atom is -0.494 e. The van der Waals surface area contributed by atoms with Gasteiger partial charge in [0.25, 0.3) is 0 Å². The van der Waals surface area contributed by atoms with Crippen LogP contribution >= 0.6 is 0 Å². The van der Waals surface area contributed by atoms with Crippen molar-refractivity contribution in [3.63, 3.8) is 0 Å². The van der Waals surface area contributed by atoms with E-state index in [9.17, 15) is 0 Å². The van der Waals surface area contributed by atoms with Crippen LogP contribution in [-0.4, -0.2) is 6.61 Å². The van der Waals surface area contributed by atoms with Crippen LogP contribution in [0.1, 0.15) is 43.7 Å². The summed E-state index contributed by atoms with van der Waals surface area (Å²) in [7, 11) is 0. The van der Waals surface area contributed by atoms with E-state index in [1.807, 2.05) is 13.0 Å². The van der Waals surface area contributed by atoms with Crippen LogP contribution in [0.25, 0.3) is 0 Å². The zero-order chi connectivity index (χ0) is 12.0. The number of ether oxygens (including phenoxy) is 1. The van der Waals surface area contributed by atoms with Crippen LogP contribution in [0.15, 0.2) is 18.2 Å². The third-order valence-corrected chi connectivity index (χ3v) is 2.77. The van der Waals surface area contributed by atoms with Gasteiger partial charge in [-0.15, -0.1) is 0 Å². The normalized spacial score (nSPS) is 11.9. The third-order valence-electron chi connectivity index (χ3n) is 2.77. The highest BCUT2D eigenvalue weighted by Crippen LogP contribution is 2.26. The molecule has 1 rings (SSSR count). The van der Waals surface area contributed by atoms with Crippen molar-refractivity contribution in [1.29, 1.82) is 5.26 Å². The van der Waals surface area contributed by atoms with Gasteiger partial charge < -0.3 is 4.74 Å². The molecule has 0 amide bonds. The summed E-state index contributed by atoms with van der Waals surface area (Å²) in [5.74, 6) is 1.37. The smallest absolute Gasteiger partial charge is 0.119 e. The van der Waals surface area contributed by atoms with Gasteiger partial charge in [-0.25, -0.2) is 0 Å². The molecule has 0 saturated heterocycles. The van der Waals surface area contributed by atoms with Gasteiger partial charge in [0.1, 0.15) is 5.75 Å². The van der Waals surface area contributed by atoms with Gasteiger partial charge in [0.2, 0.25) is 0 Å². The van der Waals surface area contributed by atoms with Crippen molar-refractivity contribution in [3.05, 3.63) is 29.3 Å². The van der Waals surface area contributed by atoms with Crippen molar-refractivity contribution in [2.45, 2.75) is 39.5 Å². The molecule has 0 radical (unpaired) electrons. The summed E-state index contributed by atoms with van der Waals surface area (Å²) in [6, 6.07) is 8.39. The summed E-state index contributed by atoms with van der Waals surface area (Å²) in [5.41, 5.74) is 2.56. The molecular weight excluding hydrogens is 198 g/mol. The van der Waals surface area contributed by atoms with Crippen molar-refractivity contribution < 1.29 is 4.74 Å². The van der Waals surface area contributed by atoms with E-state index < -0.39 is 0 Å². The van der Waals surface area contributed by atoms with Crippen LogP contribution in [0.5, 0.6) is 5.75 Å². The average molecular weight is 217 g/mol. The maximum Gasteiger partial charge on any atom is 0.119 e. The zero-order valence-corrected chi connectivity index (χ0v) is 10.3. The molecule has 0 N–H and O–H groups in total. The molecule has 0 aliphatic heterocycles. The molecule has 1 unspecified atom stereocenters. The standard InChI is InChI=1S/C14H19NO/c1-4-16-13-7-8-14(12(3)10-13)11(2)6-5-9-15/h7-8,10-11H,4-6H2,1-3H3. The molecule has 86 valence electrons. The summed E-state index contributed by atoms with van der Waals surface area (Å²) < 4.78 is 5.45. The Bertz CT molecular complexity index is 379. The Balaban J connectivity index is 2.78. The van der Waals surface area contributed by atoms with Crippen LogP contribution in [0.2, 0.25) is 0 Å². The second kappa shape index (κ2) is 6.17. The minimum atomic E-state index is 0.440. The maximum atomic E-state index is 8.58. The van der Waals surface area contributed by atoms with Gasteiger partial charge in [0.15, 0.2) is 0 Å². The van der Waals surface area contributed by atoms with Crippen LogP contribution in [0, 0.1) is 18.3 Å². The first-order chi connectivity index (χ1) is 7.69. The third kappa shape index (κ3) is 3.27. The Morgan fingerprint density at radius 3 is 2.75 bits per heavy atom. The number of aryl methyl sites for hydroxylation is 1. The highest BCUT2D eigenvalue weighted by Gasteiger charge is 2.08. The fourth-order valence-electron chi connectivity index (χ4n) is 1.89. The molecular formula is C14H19NO. The van der Waals surface area contributed by atoms with Crippen LogP contribution in [-0.2, 0) is 0 Å². The molecule has 0 saturated carbocycles. The molecule has 0 fully saturated rings. The highest BCUT2D eigenvalue weighted by atomic mass is 16.5. The average Bonchev–Trinajstić information content (AvgIpc) is 2.26. The largest absolute Gasteiger partial charge is 0.494 e. The molecule has 0 bridgehead atoms. The minimum absolute atomic E-state index is 0.440. The summed E-state index contributed by atoms with van der Waals surface area (Å²) in [4.78, 5) is 0. The van der Waals surface area contributed by atoms with Crippen molar-refractivity contribution >= 4 is 0 Å². The van der Waals surface area contributed by atoms with Gasteiger partial charge in [-0.1, -0.05) is 13.0 Å². The van der Waals surface area contributed by atoms with E-state index >= 15 is 0 Å². The highest BCUT2D eigenvalue weighted by molar-refractivity contribution is 5.36. The predicted octanol–water partition coefficient (Wildman–Crippen LogP) is 3.80. The van der Waals surface area contributed by atoms with Gasteiger partial charge in [-0.3, -0.25) is 0 Å². The Kier molecular flexibility index (Phi) is 4.85. The first-order valence-electron chi connectivity index (χ1n) is 5.79. The molecule has 1 atom stereocenters. The van der Waals surface area contributed by atoms with Crippen LogP contribution < -0.4 is 4.74 Å². The lowest BCUT2D eigenvalue weighted by atomic mass is 9.93. The lowest BCUT2D eigenvalue weighted by Crippen LogP contribution is -1.98. The maximum absolute atomic E-state index is 8.58. The van der Waals surface area contributed by atoms with Gasteiger partial charge in [-0.2, -0.15) is 5.26 Å². The van der Waals surface area contributed by atoms with Crippen molar-refractivity contribution in [2.75, 3.05) is 6.61 Å². The first kappa shape index (κ1) is 12.6. The molecule has 0 aliphatic carbocycles. The number of rotatable bonds is 5. The monoisotopic (exact) mass is 217 g/mol. The van der Waals surface area contributed by atoms with Gasteiger partial charge in [0, 0.05) is 6.42 Å². The van der Waals surface area contributed by atoms with E-state index in [4.69, 9.17) is 10.00 Å². The zero-order valence-electron chi connectivity index (χ0n) is 10.3. The Hall–Kier alpha value is -1.49. The summed E-state index contributed by atoms with van der Waals surface area (Å²) >= 11 is 0. The number of nitriles is 1. The van der Waals surface area contributed by atoms with E-state index in [1.54, 1.807) is 0 Å². The summed E-state index contributed by atoms with van der Waals surface area (Å²) in [6.45, 7) is 6.95. The number of hydrogen-bond donors (Lipinski definition) is 0. The van der Waals surface area contributed by atoms with Crippen LogP contribution in [0.4, 0.5) is 0 Å². The molecule has 1 aromatic rings. The van der Waals surface area contributed by atoms with Crippen LogP contribution in [0.3, 0.4) is 0 Å².